The molecule has 0 amide bonds. The van der Waals surface area contributed by atoms with Gasteiger partial charge in [0.15, 0.2) is 11.5 Å². The zero-order chi connectivity index (χ0) is 18.1. The minimum atomic E-state index is -0.223. The van der Waals surface area contributed by atoms with Crippen LogP contribution in [0, 0.1) is 0 Å². The third kappa shape index (κ3) is 5.80. The van der Waals surface area contributed by atoms with E-state index in [-0.39, 0.29) is 12.5 Å². The predicted molar refractivity (Wildman–Crippen MR) is 96.7 cm³/mol. The van der Waals surface area contributed by atoms with E-state index in [0.29, 0.717) is 31.2 Å². The van der Waals surface area contributed by atoms with Gasteiger partial charge in [-0.15, -0.1) is 0 Å². The topological polar surface area (TPSA) is 48.0 Å². The quantitative estimate of drug-likeness (QED) is 0.654. The lowest BCUT2D eigenvalue weighted by molar-refractivity contribution is -0.144. The van der Waals surface area contributed by atoms with Crippen LogP contribution in [0.25, 0.3) is 0 Å². The first-order valence-corrected chi connectivity index (χ1v) is 8.29. The molecule has 25 heavy (non-hydrogen) atoms. The van der Waals surface area contributed by atoms with Gasteiger partial charge in [0, 0.05) is 13.1 Å². The Kier molecular flexibility index (Phi) is 7.29. The number of hydrogen-bond donors (Lipinski definition) is 0. The van der Waals surface area contributed by atoms with Crippen LogP contribution >= 0.6 is 0 Å². The smallest absolute Gasteiger partial charge is 0.320 e. The van der Waals surface area contributed by atoms with Crippen molar-refractivity contribution >= 4 is 5.97 Å². The van der Waals surface area contributed by atoms with Gasteiger partial charge in [-0.1, -0.05) is 36.4 Å². The lowest BCUT2D eigenvalue weighted by Crippen LogP contribution is -2.30. The van der Waals surface area contributed by atoms with Crippen molar-refractivity contribution in [3.63, 3.8) is 0 Å². The summed E-state index contributed by atoms with van der Waals surface area (Å²) in [6.45, 7) is 3.70. The largest absolute Gasteiger partial charge is 0.493 e. The van der Waals surface area contributed by atoms with Gasteiger partial charge in [-0.25, -0.2) is 0 Å². The van der Waals surface area contributed by atoms with Gasteiger partial charge in [-0.2, -0.15) is 0 Å². The van der Waals surface area contributed by atoms with Gasteiger partial charge in [-0.3, -0.25) is 9.69 Å². The number of carbonyl (C=O) groups excluding carboxylic acids is 1. The predicted octanol–water partition coefficient (Wildman–Crippen LogP) is 3.27. The number of benzene rings is 2. The summed E-state index contributed by atoms with van der Waals surface area (Å²) < 4.78 is 15.7. The summed E-state index contributed by atoms with van der Waals surface area (Å²) in [5.74, 6) is 1.14. The molecule has 0 N–H and O–H groups in total. The number of esters is 1. The average molecular weight is 343 g/mol. The van der Waals surface area contributed by atoms with Crippen molar-refractivity contribution in [1.82, 2.24) is 4.90 Å². The minimum Gasteiger partial charge on any atom is -0.493 e. The molecule has 0 saturated heterocycles. The molecular weight excluding hydrogens is 318 g/mol. The molecule has 0 bridgehead atoms. The molecule has 0 aromatic heterocycles. The molecule has 0 spiro atoms. The number of carbonyl (C=O) groups is 1. The Morgan fingerprint density at radius 3 is 2.24 bits per heavy atom. The molecular formula is C20H25NO4. The molecule has 2 aromatic rings. The molecule has 0 fully saturated rings. The molecule has 5 nitrogen and oxygen atoms in total. The highest BCUT2D eigenvalue weighted by atomic mass is 16.5. The SMILES string of the molecule is CCOC(=O)CN(Cc1ccccc1)Cc1ccc(OC)c(OC)c1. The van der Waals surface area contributed by atoms with Gasteiger partial charge in [0.2, 0.25) is 0 Å². The molecule has 5 heteroatoms. The lowest BCUT2D eigenvalue weighted by atomic mass is 10.1. The molecule has 0 unspecified atom stereocenters. The third-order valence-electron chi connectivity index (χ3n) is 3.76. The normalized spacial score (nSPS) is 10.6. The average Bonchev–Trinajstić information content (AvgIpc) is 2.62. The molecule has 0 atom stereocenters. The van der Waals surface area contributed by atoms with Crippen molar-refractivity contribution in [2.24, 2.45) is 0 Å². The summed E-state index contributed by atoms with van der Waals surface area (Å²) in [6.07, 6.45) is 0. The Balaban J connectivity index is 2.15. The van der Waals surface area contributed by atoms with Crippen LogP contribution in [0.15, 0.2) is 48.5 Å². The first-order valence-electron chi connectivity index (χ1n) is 8.29. The molecule has 2 rings (SSSR count). The first-order chi connectivity index (χ1) is 12.2. The fraction of sp³-hybridized carbons (Fsp3) is 0.350. The highest BCUT2D eigenvalue weighted by molar-refractivity contribution is 5.71. The van der Waals surface area contributed by atoms with E-state index in [1.165, 1.54) is 0 Å². The van der Waals surface area contributed by atoms with Crippen LogP contribution in [0.3, 0.4) is 0 Å². The van der Waals surface area contributed by atoms with Crippen molar-refractivity contribution in [1.29, 1.82) is 0 Å². The molecule has 134 valence electrons. The van der Waals surface area contributed by atoms with E-state index in [9.17, 15) is 4.79 Å². The summed E-state index contributed by atoms with van der Waals surface area (Å²) in [5.41, 5.74) is 2.19. The van der Waals surface area contributed by atoms with Crippen LogP contribution in [0.4, 0.5) is 0 Å². The molecule has 0 aliphatic rings. The standard InChI is InChI=1S/C20H25NO4/c1-4-25-20(22)15-21(13-16-8-6-5-7-9-16)14-17-10-11-18(23-2)19(12-17)24-3/h5-12H,4,13-15H2,1-3H3. The Labute approximate surface area is 149 Å². The fourth-order valence-electron chi connectivity index (χ4n) is 2.64. The lowest BCUT2D eigenvalue weighted by Gasteiger charge is -2.22. The number of nitrogens with zero attached hydrogens (tertiary/aromatic N) is 1. The van der Waals surface area contributed by atoms with Crippen molar-refractivity contribution < 1.29 is 19.0 Å². The summed E-state index contributed by atoms with van der Waals surface area (Å²) in [4.78, 5) is 14.0. The van der Waals surface area contributed by atoms with E-state index in [1.807, 2.05) is 55.5 Å². The van der Waals surface area contributed by atoms with Gasteiger partial charge in [0.05, 0.1) is 27.4 Å². The molecule has 0 heterocycles. The van der Waals surface area contributed by atoms with Gasteiger partial charge >= 0.3 is 5.97 Å². The molecule has 0 aliphatic carbocycles. The van der Waals surface area contributed by atoms with E-state index in [1.54, 1.807) is 14.2 Å². The number of methoxy groups -OCH3 is 2. The van der Waals surface area contributed by atoms with Crippen LogP contribution in [0.2, 0.25) is 0 Å². The zero-order valence-corrected chi connectivity index (χ0v) is 15.0. The zero-order valence-electron chi connectivity index (χ0n) is 15.0. The maximum absolute atomic E-state index is 11.9. The maximum atomic E-state index is 11.9. The van der Waals surface area contributed by atoms with E-state index >= 15 is 0 Å². The number of ether oxygens (including phenoxy) is 3. The third-order valence-corrected chi connectivity index (χ3v) is 3.76. The van der Waals surface area contributed by atoms with Gasteiger partial charge in [0.1, 0.15) is 0 Å². The van der Waals surface area contributed by atoms with Crippen molar-refractivity contribution in [2.75, 3.05) is 27.4 Å². The van der Waals surface area contributed by atoms with E-state index < -0.39 is 0 Å². The second kappa shape index (κ2) is 9.69. The summed E-state index contributed by atoms with van der Waals surface area (Å²) in [7, 11) is 3.22. The Bertz CT molecular complexity index is 673. The fourth-order valence-corrected chi connectivity index (χ4v) is 2.64. The van der Waals surface area contributed by atoms with Crippen LogP contribution < -0.4 is 9.47 Å². The summed E-state index contributed by atoms with van der Waals surface area (Å²) in [5, 5.41) is 0. The Morgan fingerprint density at radius 2 is 1.60 bits per heavy atom. The van der Waals surface area contributed by atoms with Crippen LogP contribution in [-0.4, -0.2) is 38.2 Å². The van der Waals surface area contributed by atoms with Crippen molar-refractivity contribution in [3.8, 4) is 11.5 Å². The van der Waals surface area contributed by atoms with Gasteiger partial charge in [-0.05, 0) is 30.2 Å². The Morgan fingerprint density at radius 1 is 0.920 bits per heavy atom. The van der Waals surface area contributed by atoms with Gasteiger partial charge in [0.25, 0.3) is 0 Å². The molecule has 0 radical (unpaired) electrons. The van der Waals surface area contributed by atoms with Crippen LogP contribution in [0.1, 0.15) is 18.1 Å². The number of rotatable bonds is 9. The van der Waals surface area contributed by atoms with Crippen LogP contribution in [-0.2, 0) is 22.6 Å². The minimum absolute atomic E-state index is 0.223. The second-order valence-corrected chi connectivity index (χ2v) is 5.63. The maximum Gasteiger partial charge on any atom is 0.320 e. The first kappa shape index (κ1) is 18.8. The number of hydrogen-bond acceptors (Lipinski definition) is 5. The highest BCUT2D eigenvalue weighted by Gasteiger charge is 2.14. The molecule has 0 saturated carbocycles. The van der Waals surface area contributed by atoms with Crippen molar-refractivity contribution in [2.45, 2.75) is 20.0 Å². The van der Waals surface area contributed by atoms with Gasteiger partial charge < -0.3 is 14.2 Å². The monoisotopic (exact) mass is 343 g/mol. The van der Waals surface area contributed by atoms with E-state index in [4.69, 9.17) is 14.2 Å². The highest BCUT2D eigenvalue weighted by Crippen LogP contribution is 2.28. The van der Waals surface area contributed by atoms with E-state index in [2.05, 4.69) is 4.90 Å². The summed E-state index contributed by atoms with van der Waals surface area (Å²) in [6, 6.07) is 15.8. The summed E-state index contributed by atoms with van der Waals surface area (Å²) >= 11 is 0. The second-order valence-electron chi connectivity index (χ2n) is 5.63. The van der Waals surface area contributed by atoms with Crippen LogP contribution in [0.5, 0.6) is 11.5 Å². The molecule has 2 aromatic carbocycles. The Hall–Kier alpha value is -2.53. The van der Waals surface area contributed by atoms with E-state index in [0.717, 1.165) is 11.1 Å². The molecule has 0 aliphatic heterocycles. The van der Waals surface area contributed by atoms with Crippen molar-refractivity contribution in [3.05, 3.63) is 59.7 Å².